The Hall–Kier alpha value is -2.51. The summed E-state index contributed by atoms with van der Waals surface area (Å²) in [5, 5.41) is 10.6. The van der Waals surface area contributed by atoms with Crippen molar-refractivity contribution in [2.24, 2.45) is 7.05 Å². The van der Waals surface area contributed by atoms with Crippen molar-refractivity contribution in [3.05, 3.63) is 58.8 Å². The first kappa shape index (κ1) is 19.8. The van der Waals surface area contributed by atoms with Crippen molar-refractivity contribution < 1.29 is 4.79 Å². The van der Waals surface area contributed by atoms with E-state index in [1.165, 1.54) is 0 Å². The maximum absolute atomic E-state index is 12.6. The van der Waals surface area contributed by atoms with E-state index in [-0.39, 0.29) is 11.7 Å². The predicted octanol–water partition coefficient (Wildman–Crippen LogP) is 4.48. The smallest absolute Gasteiger partial charge is 0.177 e. The lowest BCUT2D eigenvalue weighted by molar-refractivity contribution is -0.118. The minimum atomic E-state index is 0.000550. The van der Waals surface area contributed by atoms with E-state index >= 15 is 0 Å². The summed E-state index contributed by atoms with van der Waals surface area (Å²) in [7, 11) is 1.85. The van der Waals surface area contributed by atoms with Crippen LogP contribution in [0.3, 0.4) is 0 Å². The molecule has 0 radical (unpaired) electrons. The van der Waals surface area contributed by atoms with E-state index in [0.29, 0.717) is 29.5 Å². The minimum Gasteiger partial charge on any atom is -0.383 e. The van der Waals surface area contributed by atoms with Crippen molar-refractivity contribution in [2.75, 3.05) is 11.5 Å². The Bertz CT molecular complexity index is 1080. The van der Waals surface area contributed by atoms with Gasteiger partial charge in [-0.3, -0.25) is 9.48 Å². The molecule has 1 aromatic carbocycles. The minimum absolute atomic E-state index is 0.000550. The summed E-state index contributed by atoms with van der Waals surface area (Å²) in [5.74, 6) is 2.22. The molecule has 150 valence electrons. The normalized spacial score (nSPS) is 16.9. The molecule has 4 rings (SSSR count). The standard InChI is InChI=1S/C21H22ClN5OS/c1-3-29-21-19(20(23)27(25-21)18-8-9-26(2)24-18)15-10-14(11-17(28)12-15)13-4-6-16(22)7-5-13/h4-10,14H,3,11-12,23H2,1-2H3. The summed E-state index contributed by atoms with van der Waals surface area (Å²) >= 11 is 7.64. The molecule has 8 heteroatoms. The summed E-state index contributed by atoms with van der Waals surface area (Å²) in [5.41, 5.74) is 9.36. The zero-order valence-corrected chi connectivity index (χ0v) is 17.9. The molecule has 0 saturated heterocycles. The van der Waals surface area contributed by atoms with E-state index < -0.39 is 0 Å². The highest BCUT2D eigenvalue weighted by molar-refractivity contribution is 7.99. The molecule has 2 heterocycles. The molecule has 1 aliphatic carbocycles. The summed E-state index contributed by atoms with van der Waals surface area (Å²) in [6, 6.07) is 9.53. The number of allylic oxidation sites excluding steroid dienone is 2. The van der Waals surface area contributed by atoms with Gasteiger partial charge in [-0.15, -0.1) is 11.8 Å². The van der Waals surface area contributed by atoms with E-state index in [2.05, 4.69) is 18.1 Å². The SMILES string of the molecule is CCSc1nn(-c2ccn(C)n2)c(N)c1C1=CC(c2ccc(Cl)cc2)CC(=O)C1. The Morgan fingerprint density at radius 2 is 2.00 bits per heavy atom. The fourth-order valence-electron chi connectivity index (χ4n) is 3.63. The largest absolute Gasteiger partial charge is 0.383 e. The van der Waals surface area contributed by atoms with Crippen molar-refractivity contribution in [3.8, 4) is 5.82 Å². The monoisotopic (exact) mass is 427 g/mol. The van der Waals surface area contributed by atoms with Crippen LogP contribution in [-0.2, 0) is 11.8 Å². The summed E-state index contributed by atoms with van der Waals surface area (Å²) < 4.78 is 3.37. The number of ketones is 1. The highest BCUT2D eigenvalue weighted by Crippen LogP contribution is 2.40. The summed E-state index contributed by atoms with van der Waals surface area (Å²) in [6.07, 6.45) is 4.85. The van der Waals surface area contributed by atoms with Crippen molar-refractivity contribution >= 4 is 40.5 Å². The summed E-state index contributed by atoms with van der Waals surface area (Å²) in [6.45, 7) is 2.07. The molecular formula is C21H22ClN5OS. The topological polar surface area (TPSA) is 78.7 Å². The number of carbonyl (C=O) groups excluding carboxylic acids is 1. The molecule has 0 fully saturated rings. The Morgan fingerprint density at radius 3 is 2.66 bits per heavy atom. The first-order valence-corrected chi connectivity index (χ1v) is 10.8. The van der Waals surface area contributed by atoms with Crippen LogP contribution >= 0.6 is 23.4 Å². The van der Waals surface area contributed by atoms with Gasteiger partial charge in [0.15, 0.2) is 5.82 Å². The quantitative estimate of drug-likeness (QED) is 0.607. The molecule has 0 spiro atoms. The highest BCUT2D eigenvalue weighted by atomic mass is 35.5. The van der Waals surface area contributed by atoms with Crippen LogP contribution in [0.15, 0.2) is 47.6 Å². The molecule has 0 saturated carbocycles. The molecule has 2 N–H and O–H groups in total. The van der Waals surface area contributed by atoms with E-state index in [9.17, 15) is 4.79 Å². The Kier molecular flexibility index (Phi) is 5.52. The molecule has 29 heavy (non-hydrogen) atoms. The van der Waals surface area contributed by atoms with E-state index in [1.807, 2.05) is 43.6 Å². The zero-order valence-electron chi connectivity index (χ0n) is 16.3. The second kappa shape index (κ2) is 8.08. The van der Waals surface area contributed by atoms with Gasteiger partial charge >= 0.3 is 0 Å². The second-order valence-electron chi connectivity index (χ2n) is 7.03. The third-order valence-corrected chi connectivity index (χ3v) is 6.04. The van der Waals surface area contributed by atoms with Crippen LogP contribution in [0.2, 0.25) is 5.02 Å². The van der Waals surface area contributed by atoms with Crippen LogP contribution in [0.1, 0.15) is 36.8 Å². The zero-order chi connectivity index (χ0) is 20.5. The number of thioether (sulfide) groups is 1. The average molecular weight is 428 g/mol. The number of aryl methyl sites for hydroxylation is 1. The first-order chi connectivity index (χ1) is 14.0. The Balaban J connectivity index is 1.80. The van der Waals surface area contributed by atoms with Crippen molar-refractivity contribution in [1.82, 2.24) is 19.6 Å². The molecule has 0 bridgehead atoms. The number of hydrogen-bond acceptors (Lipinski definition) is 5. The maximum Gasteiger partial charge on any atom is 0.177 e. The third-order valence-electron chi connectivity index (χ3n) is 4.94. The van der Waals surface area contributed by atoms with Gasteiger partial charge in [-0.25, -0.2) is 0 Å². The number of carbonyl (C=O) groups is 1. The van der Waals surface area contributed by atoms with E-state index in [4.69, 9.17) is 22.4 Å². The van der Waals surface area contributed by atoms with Crippen LogP contribution in [0.25, 0.3) is 11.4 Å². The number of aromatic nitrogens is 4. The van der Waals surface area contributed by atoms with Crippen LogP contribution < -0.4 is 5.73 Å². The number of halogens is 1. The van der Waals surface area contributed by atoms with Crippen LogP contribution in [0.4, 0.5) is 5.82 Å². The molecule has 3 aromatic rings. The number of nitrogen functional groups attached to an aromatic ring is 1. The van der Waals surface area contributed by atoms with Crippen molar-refractivity contribution in [2.45, 2.75) is 30.7 Å². The molecular weight excluding hydrogens is 406 g/mol. The average Bonchev–Trinajstić information content (AvgIpc) is 3.25. The van der Waals surface area contributed by atoms with E-state index in [1.54, 1.807) is 21.1 Å². The summed E-state index contributed by atoms with van der Waals surface area (Å²) in [4.78, 5) is 12.6. The number of nitrogens with zero attached hydrogens (tertiary/aromatic N) is 4. The van der Waals surface area contributed by atoms with Crippen LogP contribution in [-0.4, -0.2) is 31.1 Å². The molecule has 1 atom stereocenters. The fraction of sp³-hybridized carbons (Fsp3) is 0.286. The molecule has 1 aliphatic rings. The fourth-order valence-corrected chi connectivity index (χ4v) is 4.55. The van der Waals surface area contributed by atoms with Crippen molar-refractivity contribution in [1.29, 1.82) is 0 Å². The Labute approximate surface area is 178 Å². The van der Waals surface area contributed by atoms with Gasteiger partial charge in [-0.05, 0) is 29.0 Å². The van der Waals surface area contributed by atoms with Crippen molar-refractivity contribution in [3.63, 3.8) is 0 Å². The van der Waals surface area contributed by atoms with Gasteiger partial charge in [0.2, 0.25) is 0 Å². The number of benzene rings is 1. The van der Waals surface area contributed by atoms with Crippen LogP contribution in [0.5, 0.6) is 0 Å². The number of hydrogen-bond donors (Lipinski definition) is 1. The molecule has 6 nitrogen and oxygen atoms in total. The first-order valence-electron chi connectivity index (χ1n) is 9.45. The third kappa shape index (κ3) is 3.97. The lowest BCUT2D eigenvalue weighted by Gasteiger charge is -2.21. The molecule has 1 unspecified atom stereocenters. The van der Waals surface area contributed by atoms with Gasteiger partial charge in [0.25, 0.3) is 0 Å². The van der Waals surface area contributed by atoms with E-state index in [0.717, 1.165) is 27.5 Å². The van der Waals surface area contributed by atoms with Gasteiger partial charge < -0.3 is 5.73 Å². The second-order valence-corrected chi connectivity index (χ2v) is 8.72. The van der Waals surface area contributed by atoms with Gasteiger partial charge in [0.1, 0.15) is 16.6 Å². The number of nitrogens with two attached hydrogens (primary N) is 1. The van der Waals surface area contributed by atoms with Gasteiger partial charge in [-0.2, -0.15) is 14.9 Å². The van der Waals surface area contributed by atoms with Crippen LogP contribution in [0, 0.1) is 0 Å². The number of Topliss-reactive ketones (excluding diaryl/α,β-unsaturated/α-hetero) is 1. The lowest BCUT2D eigenvalue weighted by atomic mass is 9.83. The highest BCUT2D eigenvalue weighted by Gasteiger charge is 2.28. The van der Waals surface area contributed by atoms with Gasteiger partial charge in [0.05, 0.1) is 5.56 Å². The molecule has 2 aromatic heterocycles. The van der Waals surface area contributed by atoms with Gasteiger partial charge in [0, 0.05) is 43.1 Å². The predicted molar refractivity (Wildman–Crippen MR) is 118 cm³/mol. The Morgan fingerprint density at radius 1 is 1.24 bits per heavy atom. The number of rotatable bonds is 5. The maximum atomic E-state index is 12.6. The molecule has 0 amide bonds. The number of anilines is 1. The molecule has 0 aliphatic heterocycles. The van der Waals surface area contributed by atoms with Gasteiger partial charge in [-0.1, -0.05) is 36.7 Å². The lowest BCUT2D eigenvalue weighted by Crippen LogP contribution is -2.13.